The van der Waals surface area contributed by atoms with Crippen LogP contribution in [0.15, 0.2) is 47.1 Å². The number of para-hydroxylation sites is 1. The van der Waals surface area contributed by atoms with Crippen LogP contribution in [0.1, 0.15) is 49.3 Å². The van der Waals surface area contributed by atoms with E-state index in [0.717, 1.165) is 38.7 Å². The van der Waals surface area contributed by atoms with Gasteiger partial charge in [0.1, 0.15) is 10.8 Å². The number of thioether (sulfide) groups is 1. The molecule has 1 saturated carbocycles. The van der Waals surface area contributed by atoms with Crippen molar-refractivity contribution < 1.29 is 9.21 Å². The fourth-order valence-corrected chi connectivity index (χ4v) is 5.40. The first-order valence-electron chi connectivity index (χ1n) is 9.81. The van der Waals surface area contributed by atoms with E-state index in [1.807, 2.05) is 36.4 Å². The Morgan fingerprint density at radius 2 is 2.00 bits per heavy atom. The van der Waals surface area contributed by atoms with E-state index >= 15 is 0 Å². The van der Waals surface area contributed by atoms with Crippen LogP contribution < -0.4 is 5.32 Å². The molecule has 3 aromatic rings. The van der Waals surface area contributed by atoms with Gasteiger partial charge in [0.05, 0.1) is 22.2 Å². The average Bonchev–Trinajstić information content (AvgIpc) is 3.30. The first kappa shape index (κ1) is 19.3. The zero-order chi connectivity index (χ0) is 19.2. The number of hydrogen-bond donors (Lipinski definition) is 1. The minimum atomic E-state index is 0.100. The summed E-state index contributed by atoms with van der Waals surface area (Å²) in [5.41, 5.74) is 0.983. The van der Waals surface area contributed by atoms with Gasteiger partial charge in [-0.05, 0) is 43.2 Å². The molecule has 2 aromatic heterocycles. The Bertz CT molecular complexity index is 906. The highest BCUT2D eigenvalue weighted by Gasteiger charge is 2.17. The molecule has 0 spiro atoms. The lowest BCUT2D eigenvalue weighted by Gasteiger charge is -2.16. The van der Waals surface area contributed by atoms with E-state index < -0.39 is 0 Å². The number of carbonyl (C=O) groups excluding carboxylic acids is 1. The van der Waals surface area contributed by atoms with Crippen LogP contribution >= 0.6 is 23.1 Å². The van der Waals surface area contributed by atoms with Crippen molar-refractivity contribution >= 4 is 50.2 Å². The number of fused-ring (bicyclic) bond motifs is 1. The van der Waals surface area contributed by atoms with Crippen molar-refractivity contribution in [3.63, 3.8) is 0 Å². The molecule has 146 valence electrons. The van der Waals surface area contributed by atoms with Gasteiger partial charge in [0, 0.05) is 10.9 Å². The largest absolute Gasteiger partial charge is 0.465 e. The van der Waals surface area contributed by atoms with Gasteiger partial charge in [-0.15, -0.1) is 23.1 Å². The molecule has 1 aliphatic carbocycles. The van der Waals surface area contributed by atoms with E-state index in [0.29, 0.717) is 11.8 Å². The summed E-state index contributed by atoms with van der Waals surface area (Å²) in [5, 5.41) is 4.14. The Morgan fingerprint density at radius 3 is 2.75 bits per heavy atom. The number of furan rings is 1. The lowest BCUT2D eigenvalue weighted by Crippen LogP contribution is -2.35. The summed E-state index contributed by atoms with van der Waals surface area (Å²) < 4.78 is 6.63. The van der Waals surface area contributed by atoms with Gasteiger partial charge in [0.2, 0.25) is 5.91 Å². The number of carbonyl (C=O) groups is 1. The molecule has 1 amide bonds. The molecule has 28 heavy (non-hydrogen) atoms. The van der Waals surface area contributed by atoms with E-state index in [4.69, 9.17) is 9.40 Å². The van der Waals surface area contributed by atoms with Gasteiger partial charge in [0.15, 0.2) is 0 Å². The Hall–Kier alpha value is -2.05. The molecule has 4 rings (SSSR count). The highest BCUT2D eigenvalue weighted by Crippen LogP contribution is 2.35. The zero-order valence-corrected chi connectivity index (χ0v) is 17.4. The minimum Gasteiger partial charge on any atom is -0.465 e. The second kappa shape index (κ2) is 9.43. The summed E-state index contributed by atoms with van der Waals surface area (Å²) in [7, 11) is 0. The summed E-state index contributed by atoms with van der Waals surface area (Å²) >= 11 is 3.17. The highest BCUT2D eigenvalue weighted by molar-refractivity contribution is 8.09. The number of nitrogens with zero attached hydrogens (tertiary/aromatic N) is 1. The lowest BCUT2D eigenvalue weighted by molar-refractivity contribution is -0.119. The average molecular weight is 413 g/mol. The number of aromatic nitrogens is 1. The summed E-state index contributed by atoms with van der Waals surface area (Å²) in [6.45, 7) is 0. The molecule has 0 saturated heterocycles. The fraction of sp³-hybridized carbons (Fsp3) is 0.364. The second-order valence-electron chi connectivity index (χ2n) is 7.06. The predicted molar refractivity (Wildman–Crippen MR) is 118 cm³/mol. The van der Waals surface area contributed by atoms with Gasteiger partial charge in [-0.2, -0.15) is 0 Å². The van der Waals surface area contributed by atoms with Crippen molar-refractivity contribution in [1.82, 2.24) is 10.3 Å². The molecule has 0 atom stereocenters. The minimum absolute atomic E-state index is 0.100. The molecule has 1 aliphatic rings. The second-order valence-corrected chi connectivity index (χ2v) is 9.10. The monoisotopic (exact) mass is 412 g/mol. The topological polar surface area (TPSA) is 55.1 Å². The number of amides is 1. The predicted octanol–water partition coefficient (Wildman–Crippen LogP) is 5.96. The molecule has 1 aromatic carbocycles. The SMILES string of the molecule is O=C(CSC(=Cc1ccco1)c1nc2ccccc2s1)NC1CCCCCC1. The highest BCUT2D eigenvalue weighted by atomic mass is 32.2. The first-order valence-corrected chi connectivity index (χ1v) is 11.6. The molecular formula is C22H24N2O2S2. The van der Waals surface area contributed by atoms with Crippen LogP contribution in [0.4, 0.5) is 0 Å². The standard InChI is InChI=1S/C22H24N2O2S2/c25-21(23-16-8-3-1-2-4-9-16)15-27-20(14-17-10-7-13-26-17)22-24-18-11-5-6-12-19(18)28-22/h5-7,10-14,16H,1-4,8-9,15H2,(H,23,25). The Kier molecular flexibility index (Phi) is 6.49. The molecule has 0 unspecified atom stereocenters. The van der Waals surface area contributed by atoms with Crippen molar-refractivity contribution in [3.05, 3.63) is 53.4 Å². The van der Waals surface area contributed by atoms with Crippen molar-refractivity contribution in [1.29, 1.82) is 0 Å². The van der Waals surface area contributed by atoms with Crippen molar-refractivity contribution in [2.24, 2.45) is 0 Å². The Balaban J connectivity index is 1.47. The number of thiazole rings is 1. The fourth-order valence-electron chi connectivity index (χ4n) is 3.48. The van der Waals surface area contributed by atoms with Gasteiger partial charge < -0.3 is 9.73 Å². The van der Waals surface area contributed by atoms with Crippen molar-refractivity contribution in [3.8, 4) is 0 Å². The van der Waals surface area contributed by atoms with Crippen LogP contribution in [0.5, 0.6) is 0 Å². The first-order chi connectivity index (χ1) is 13.8. The molecule has 0 bridgehead atoms. The number of hydrogen-bond acceptors (Lipinski definition) is 5. The molecule has 1 fully saturated rings. The van der Waals surface area contributed by atoms with Gasteiger partial charge in [-0.25, -0.2) is 4.98 Å². The van der Waals surface area contributed by atoms with Crippen molar-refractivity contribution in [2.45, 2.75) is 44.6 Å². The van der Waals surface area contributed by atoms with Crippen LogP contribution in [0, 0.1) is 0 Å². The van der Waals surface area contributed by atoms with Gasteiger partial charge >= 0.3 is 0 Å². The Labute approximate surface area is 173 Å². The van der Waals surface area contributed by atoms with E-state index in [1.165, 1.54) is 37.4 Å². The maximum Gasteiger partial charge on any atom is 0.230 e. The van der Waals surface area contributed by atoms with Crippen LogP contribution in [-0.2, 0) is 4.79 Å². The molecule has 4 nitrogen and oxygen atoms in total. The quantitative estimate of drug-likeness (QED) is 0.508. The molecule has 0 aliphatic heterocycles. The van der Waals surface area contributed by atoms with E-state index in [-0.39, 0.29) is 5.91 Å². The molecular weight excluding hydrogens is 388 g/mol. The summed E-state index contributed by atoms with van der Waals surface area (Å²) in [6.07, 6.45) is 10.8. The zero-order valence-electron chi connectivity index (χ0n) is 15.7. The molecule has 2 heterocycles. The third kappa shape index (κ3) is 5.06. The summed E-state index contributed by atoms with van der Waals surface area (Å²) in [6, 6.07) is 12.2. The molecule has 6 heteroatoms. The van der Waals surface area contributed by atoms with Gasteiger partial charge in [-0.1, -0.05) is 37.8 Å². The summed E-state index contributed by atoms with van der Waals surface area (Å²) in [4.78, 5) is 18.3. The van der Waals surface area contributed by atoms with Crippen LogP contribution in [-0.4, -0.2) is 22.7 Å². The normalized spacial score (nSPS) is 16.2. The maximum absolute atomic E-state index is 12.5. The maximum atomic E-state index is 12.5. The van der Waals surface area contributed by atoms with E-state index in [1.54, 1.807) is 17.6 Å². The molecule has 0 radical (unpaired) electrons. The number of rotatable bonds is 6. The lowest BCUT2D eigenvalue weighted by atomic mass is 10.1. The third-order valence-corrected chi connectivity index (χ3v) is 7.13. The van der Waals surface area contributed by atoms with Crippen LogP contribution in [0.3, 0.4) is 0 Å². The molecule has 1 N–H and O–H groups in total. The van der Waals surface area contributed by atoms with E-state index in [9.17, 15) is 4.79 Å². The van der Waals surface area contributed by atoms with Crippen LogP contribution in [0.2, 0.25) is 0 Å². The van der Waals surface area contributed by atoms with Crippen LogP contribution in [0.25, 0.3) is 21.2 Å². The number of nitrogens with one attached hydrogen (secondary N) is 1. The summed E-state index contributed by atoms with van der Waals surface area (Å²) in [5.74, 6) is 1.26. The van der Waals surface area contributed by atoms with Gasteiger partial charge in [0.25, 0.3) is 0 Å². The number of benzene rings is 1. The van der Waals surface area contributed by atoms with Crippen molar-refractivity contribution in [2.75, 3.05) is 5.75 Å². The Morgan fingerprint density at radius 1 is 1.18 bits per heavy atom. The third-order valence-electron chi connectivity index (χ3n) is 4.90. The smallest absolute Gasteiger partial charge is 0.230 e. The van der Waals surface area contributed by atoms with Gasteiger partial charge in [-0.3, -0.25) is 4.79 Å². The van der Waals surface area contributed by atoms with E-state index in [2.05, 4.69) is 11.4 Å².